The Labute approximate surface area is 364 Å². The van der Waals surface area contributed by atoms with Gasteiger partial charge >= 0.3 is 24.7 Å². The normalized spacial score (nSPS) is 12.4. The van der Waals surface area contributed by atoms with Crippen LogP contribution in [0.4, 0.5) is 37.7 Å². The van der Waals surface area contributed by atoms with Crippen molar-refractivity contribution in [1.29, 1.82) is 0 Å². The number of allylic oxidation sites excluding steroid dienone is 1. The van der Waals surface area contributed by atoms with E-state index in [0.717, 1.165) is 62.8 Å². The minimum absolute atomic E-state index is 0.00334. The zero-order valence-electron chi connectivity index (χ0n) is 33.8. The lowest BCUT2D eigenvalue weighted by Crippen LogP contribution is -2.44. The number of aliphatic hydroxyl groups is 2. The summed E-state index contributed by atoms with van der Waals surface area (Å²) < 4.78 is 104. The highest BCUT2D eigenvalue weighted by Gasteiger charge is 2.43. The molecule has 0 aliphatic rings. The van der Waals surface area contributed by atoms with Gasteiger partial charge in [-0.1, -0.05) is 42.5 Å². The molecule has 1 unspecified atom stereocenters. The van der Waals surface area contributed by atoms with Crippen LogP contribution in [0.5, 0.6) is 34.5 Å². The molecular formula is C45H36F6N2O12. The number of halogens is 6. The summed E-state index contributed by atoms with van der Waals surface area (Å²) in [6.07, 6.45) is -6.10. The van der Waals surface area contributed by atoms with Gasteiger partial charge in [0.05, 0.1) is 31.3 Å². The summed E-state index contributed by atoms with van der Waals surface area (Å²) in [5.74, 6) is -10.7. The Morgan fingerprint density at radius 3 is 1.46 bits per heavy atom. The number of ether oxygens (including phenoxy) is 6. The van der Waals surface area contributed by atoms with Crippen molar-refractivity contribution in [1.82, 2.24) is 0 Å². The molecule has 65 heavy (non-hydrogen) atoms. The molecule has 5 rings (SSSR count). The molecular weight excluding hydrogens is 874 g/mol. The number of benzene rings is 5. The van der Waals surface area contributed by atoms with Gasteiger partial charge in [-0.3, -0.25) is 9.59 Å². The Balaban J connectivity index is 1.24. The van der Waals surface area contributed by atoms with Crippen molar-refractivity contribution < 1.29 is 84.2 Å². The maximum absolute atomic E-state index is 13.4. The number of hydrogen-bond donors (Lipinski definition) is 4. The average molecular weight is 911 g/mol. The summed E-state index contributed by atoms with van der Waals surface area (Å²) in [5.41, 5.74) is 12.6. The smallest absolute Gasteiger partial charge is 0.493 e. The second kappa shape index (κ2) is 20.1. The Morgan fingerprint density at radius 1 is 0.600 bits per heavy atom. The van der Waals surface area contributed by atoms with Gasteiger partial charge in [-0.25, -0.2) is 9.59 Å². The quantitative estimate of drug-likeness (QED) is 0.0175. The Hall–Kier alpha value is -7.84. The molecule has 0 aliphatic heterocycles. The number of methoxy groups -OCH3 is 2. The molecule has 0 bridgehead atoms. The standard InChI is InChI=1S/C45H36F6N2O12/c1-60-38-21-27(9-18-36(38)64-44(46,47)48)41(56)62-31-13-4-25(5-14-31)3-12-30(54)24-34(33-17-11-29(52)23-35(33)53)43(58,59)40(55)20-8-26-6-15-32(16-7-26)63-42(57)28-10-19-37(39(22-28)61-2)65-45(49,50)51/h3-23,34,58-59H,24,52-53H2,1-2H3/b12-3+,20-8+. The molecule has 14 nitrogen and oxygen atoms in total. The largest absolute Gasteiger partial charge is 0.573 e. The number of nitrogens with two attached hydrogens (primary N) is 2. The minimum atomic E-state index is -5.00. The summed E-state index contributed by atoms with van der Waals surface area (Å²) in [4.78, 5) is 52.1. The Morgan fingerprint density at radius 2 is 1.05 bits per heavy atom. The number of hydrogen-bond acceptors (Lipinski definition) is 14. The van der Waals surface area contributed by atoms with Gasteiger partial charge in [0.1, 0.15) is 11.5 Å². The number of ketones is 2. The maximum Gasteiger partial charge on any atom is 0.573 e. The van der Waals surface area contributed by atoms with Gasteiger partial charge < -0.3 is 50.1 Å². The second-order valence-corrected chi connectivity index (χ2v) is 13.6. The van der Waals surface area contributed by atoms with E-state index in [1.54, 1.807) is 0 Å². The summed E-state index contributed by atoms with van der Waals surface area (Å²) in [6.45, 7) is 0. The Bertz CT molecular complexity index is 2610. The molecule has 0 amide bonds. The van der Waals surface area contributed by atoms with Crippen LogP contribution < -0.4 is 39.9 Å². The number of carbonyl (C=O) groups is 4. The number of alkyl halides is 6. The summed E-state index contributed by atoms with van der Waals surface area (Å²) >= 11 is 0. The minimum Gasteiger partial charge on any atom is -0.493 e. The lowest BCUT2D eigenvalue weighted by atomic mass is 9.82. The van der Waals surface area contributed by atoms with Crippen LogP contribution in [0.2, 0.25) is 0 Å². The predicted octanol–water partition coefficient (Wildman–Crippen LogP) is 7.82. The van der Waals surface area contributed by atoms with Gasteiger partial charge in [0.25, 0.3) is 0 Å². The van der Waals surface area contributed by atoms with Crippen molar-refractivity contribution in [3.63, 3.8) is 0 Å². The Kier molecular flexibility index (Phi) is 14.9. The van der Waals surface area contributed by atoms with Crippen LogP contribution in [0.3, 0.4) is 0 Å². The number of esters is 2. The highest BCUT2D eigenvalue weighted by Crippen LogP contribution is 2.37. The van der Waals surface area contributed by atoms with E-state index in [0.29, 0.717) is 11.1 Å². The molecule has 6 N–H and O–H groups in total. The molecule has 5 aromatic carbocycles. The van der Waals surface area contributed by atoms with Crippen LogP contribution in [-0.2, 0) is 9.59 Å². The topological polar surface area (TPSA) is 216 Å². The number of rotatable bonds is 17. The van der Waals surface area contributed by atoms with Gasteiger partial charge in [-0.05, 0) is 102 Å². The van der Waals surface area contributed by atoms with E-state index < -0.39 is 65.9 Å². The van der Waals surface area contributed by atoms with Gasteiger partial charge in [0.2, 0.25) is 11.6 Å². The fraction of sp³-hybridized carbons (Fsp3) is 0.156. The van der Waals surface area contributed by atoms with E-state index in [-0.39, 0.29) is 51.1 Å². The molecule has 1 atom stereocenters. The third-order valence-corrected chi connectivity index (χ3v) is 9.06. The van der Waals surface area contributed by atoms with Gasteiger partial charge in [0.15, 0.2) is 28.8 Å². The van der Waals surface area contributed by atoms with Crippen molar-refractivity contribution in [3.05, 3.63) is 143 Å². The van der Waals surface area contributed by atoms with Crippen LogP contribution in [0, 0.1) is 0 Å². The molecule has 0 spiro atoms. The van der Waals surface area contributed by atoms with Crippen molar-refractivity contribution in [2.45, 2.75) is 30.9 Å². The maximum atomic E-state index is 13.4. The highest BCUT2D eigenvalue weighted by molar-refractivity contribution is 6.01. The van der Waals surface area contributed by atoms with Gasteiger partial charge in [-0.15, -0.1) is 26.3 Å². The summed E-state index contributed by atoms with van der Waals surface area (Å²) in [5, 5.41) is 22.6. The molecule has 0 aromatic heterocycles. The molecule has 20 heteroatoms. The number of nitrogen functional groups attached to an aromatic ring is 2. The van der Waals surface area contributed by atoms with E-state index in [1.807, 2.05) is 0 Å². The van der Waals surface area contributed by atoms with Crippen LogP contribution in [0.15, 0.2) is 115 Å². The molecule has 5 aromatic rings. The van der Waals surface area contributed by atoms with E-state index >= 15 is 0 Å². The first-order chi connectivity index (χ1) is 30.5. The van der Waals surface area contributed by atoms with Crippen molar-refractivity contribution in [2.75, 3.05) is 25.7 Å². The molecule has 0 aliphatic carbocycles. The lowest BCUT2D eigenvalue weighted by molar-refractivity contribution is -0.276. The third-order valence-electron chi connectivity index (χ3n) is 9.06. The fourth-order valence-corrected chi connectivity index (χ4v) is 5.94. The van der Waals surface area contributed by atoms with E-state index in [9.17, 15) is 55.7 Å². The first-order valence-electron chi connectivity index (χ1n) is 18.6. The lowest BCUT2D eigenvalue weighted by Gasteiger charge is -2.30. The van der Waals surface area contributed by atoms with Gasteiger partial charge in [0, 0.05) is 17.8 Å². The highest BCUT2D eigenvalue weighted by atomic mass is 19.4. The number of carbonyl (C=O) groups excluding carboxylic acids is 4. The van der Waals surface area contributed by atoms with Crippen molar-refractivity contribution in [2.24, 2.45) is 0 Å². The monoisotopic (exact) mass is 910 g/mol. The van der Waals surface area contributed by atoms with E-state index in [1.165, 1.54) is 78.9 Å². The van der Waals surface area contributed by atoms with Crippen LogP contribution in [0.1, 0.15) is 49.7 Å². The van der Waals surface area contributed by atoms with Crippen molar-refractivity contribution in [3.8, 4) is 34.5 Å². The molecule has 0 saturated heterocycles. The molecule has 0 fully saturated rings. The van der Waals surface area contributed by atoms with E-state index in [4.69, 9.17) is 30.4 Å². The van der Waals surface area contributed by atoms with Crippen molar-refractivity contribution >= 4 is 47.0 Å². The zero-order chi connectivity index (χ0) is 47.7. The van der Waals surface area contributed by atoms with Crippen LogP contribution >= 0.6 is 0 Å². The second-order valence-electron chi connectivity index (χ2n) is 13.6. The van der Waals surface area contributed by atoms with Crippen LogP contribution in [0.25, 0.3) is 12.2 Å². The molecule has 0 radical (unpaired) electrons. The van der Waals surface area contributed by atoms with E-state index in [2.05, 4.69) is 9.47 Å². The first kappa shape index (κ1) is 48.2. The first-order valence-corrected chi connectivity index (χ1v) is 18.6. The third kappa shape index (κ3) is 13.3. The zero-order valence-corrected chi connectivity index (χ0v) is 33.8. The molecule has 0 saturated carbocycles. The van der Waals surface area contributed by atoms with Gasteiger partial charge in [-0.2, -0.15) is 0 Å². The molecule has 340 valence electrons. The summed E-state index contributed by atoms with van der Waals surface area (Å²) in [6, 6.07) is 21.1. The fourth-order valence-electron chi connectivity index (χ4n) is 5.94. The average Bonchev–Trinajstić information content (AvgIpc) is 3.24. The van der Waals surface area contributed by atoms with Crippen LogP contribution in [-0.4, -0.2) is 66.4 Å². The predicted molar refractivity (Wildman–Crippen MR) is 220 cm³/mol. The summed E-state index contributed by atoms with van der Waals surface area (Å²) in [7, 11) is 2.18. The SMILES string of the molecule is COc1cc(C(=O)Oc2ccc(/C=C/C(=O)CC(c3ccc(N)cc3N)C(O)(O)C(=O)/C=C/c3ccc(OC(=O)c4ccc(OC(F)(F)F)c(OC)c4)cc3)cc2)ccc1OC(F)(F)F. The molecule has 0 heterocycles. The number of anilines is 2.